The maximum absolute atomic E-state index is 14.3. The lowest BCUT2D eigenvalue weighted by atomic mass is 10.2. The Morgan fingerprint density at radius 2 is 1.91 bits per heavy atom. The minimum absolute atomic E-state index is 0.261. The molecule has 0 spiro atoms. The van der Waals surface area contributed by atoms with Gasteiger partial charge in [0.15, 0.2) is 17.4 Å². The van der Waals surface area contributed by atoms with Crippen molar-refractivity contribution in [1.82, 2.24) is 24.7 Å². The number of nitrogens with one attached hydrogen (secondary N) is 1. The largest absolute Gasteiger partial charge is 0.491 e. The number of nitriles is 1. The van der Waals surface area contributed by atoms with E-state index in [1.54, 1.807) is 41.3 Å². The van der Waals surface area contributed by atoms with Gasteiger partial charge in [0.1, 0.15) is 17.6 Å². The average molecular weight is 451 g/mol. The Kier molecular flexibility index (Phi) is 5.54. The van der Waals surface area contributed by atoms with Gasteiger partial charge in [-0.2, -0.15) is 10.4 Å². The van der Waals surface area contributed by atoms with E-state index in [0.717, 1.165) is 10.9 Å². The van der Waals surface area contributed by atoms with E-state index in [9.17, 15) is 9.65 Å². The summed E-state index contributed by atoms with van der Waals surface area (Å²) in [5.41, 5.74) is 2.81. The maximum Gasteiger partial charge on any atom is 0.183 e. The highest BCUT2D eigenvalue weighted by molar-refractivity contribution is 5.92. The first-order chi connectivity index (χ1) is 16.7. The highest BCUT2D eigenvalue weighted by Crippen LogP contribution is 2.31. The van der Waals surface area contributed by atoms with Gasteiger partial charge in [0.25, 0.3) is 0 Å². The first-order valence-electron chi connectivity index (χ1n) is 10.4. The number of methoxy groups -OCH3 is 1. The predicted octanol–water partition coefficient (Wildman–Crippen LogP) is 4.70. The molecule has 0 saturated heterocycles. The van der Waals surface area contributed by atoms with Gasteiger partial charge < -0.3 is 10.1 Å². The van der Waals surface area contributed by atoms with Crippen LogP contribution in [0.25, 0.3) is 22.4 Å². The number of para-hydroxylation sites is 1. The Labute approximate surface area is 194 Å². The lowest BCUT2D eigenvalue weighted by molar-refractivity contribution is 0.413. The molecule has 9 heteroatoms. The quantitative estimate of drug-likeness (QED) is 0.399. The number of aromatic nitrogens is 5. The van der Waals surface area contributed by atoms with Crippen LogP contribution in [0.3, 0.4) is 0 Å². The third-order valence-corrected chi connectivity index (χ3v) is 5.32. The fourth-order valence-electron chi connectivity index (χ4n) is 3.64. The van der Waals surface area contributed by atoms with Gasteiger partial charge in [-0.3, -0.25) is 9.67 Å². The number of benzene rings is 2. The molecule has 1 N–H and O–H groups in total. The van der Waals surface area contributed by atoms with Gasteiger partial charge in [0, 0.05) is 23.3 Å². The van der Waals surface area contributed by atoms with Crippen molar-refractivity contribution >= 4 is 22.4 Å². The van der Waals surface area contributed by atoms with Crippen molar-refractivity contribution < 1.29 is 9.13 Å². The number of pyridine rings is 1. The van der Waals surface area contributed by atoms with Crippen LogP contribution in [0, 0.1) is 17.1 Å². The summed E-state index contributed by atoms with van der Waals surface area (Å²) in [5, 5.41) is 18.1. The molecule has 0 unspecified atom stereocenters. The third-order valence-electron chi connectivity index (χ3n) is 5.32. The zero-order valence-corrected chi connectivity index (χ0v) is 18.1. The fraction of sp³-hybridized carbons (Fsp3) is 0.0800. The van der Waals surface area contributed by atoms with E-state index in [2.05, 4.69) is 26.3 Å². The van der Waals surface area contributed by atoms with Gasteiger partial charge in [0.05, 0.1) is 36.6 Å². The molecule has 0 radical (unpaired) electrons. The van der Waals surface area contributed by atoms with E-state index in [1.807, 2.05) is 24.3 Å². The standard InChI is InChI=1S/C25H18FN7O/c1-34-22-14-29-25(31-24(22)30-20-10-11-28-13-17(20)12-27)23-18-7-3-5-9-21(18)33(32-23)15-16-6-2-4-8-19(16)26/h2-11,13-14H,15H2,1H3,(H,28,29,30,31). The molecule has 3 aromatic heterocycles. The first kappa shape index (κ1) is 21.0. The molecule has 0 amide bonds. The summed E-state index contributed by atoms with van der Waals surface area (Å²) < 4.78 is 21.4. The average Bonchev–Trinajstić information content (AvgIpc) is 3.24. The van der Waals surface area contributed by atoms with Crippen molar-refractivity contribution in [2.75, 3.05) is 12.4 Å². The number of hydrogen-bond acceptors (Lipinski definition) is 7. The van der Waals surface area contributed by atoms with E-state index in [1.165, 1.54) is 19.4 Å². The summed E-state index contributed by atoms with van der Waals surface area (Å²) in [6.45, 7) is 0.261. The Morgan fingerprint density at radius 1 is 1.09 bits per heavy atom. The number of hydrogen-bond donors (Lipinski definition) is 1. The Bertz CT molecular complexity index is 1540. The van der Waals surface area contributed by atoms with Crippen LogP contribution in [0.2, 0.25) is 0 Å². The van der Waals surface area contributed by atoms with Crippen LogP contribution in [0.15, 0.2) is 73.2 Å². The maximum atomic E-state index is 14.3. The molecule has 166 valence electrons. The van der Waals surface area contributed by atoms with Crippen molar-refractivity contribution in [1.29, 1.82) is 5.26 Å². The second-order valence-electron chi connectivity index (χ2n) is 7.38. The van der Waals surface area contributed by atoms with Crippen LogP contribution >= 0.6 is 0 Å². The topological polar surface area (TPSA) is 102 Å². The van der Waals surface area contributed by atoms with Gasteiger partial charge in [-0.05, 0) is 18.2 Å². The predicted molar refractivity (Wildman–Crippen MR) is 125 cm³/mol. The van der Waals surface area contributed by atoms with Gasteiger partial charge in [-0.1, -0.05) is 36.4 Å². The number of nitrogens with zero attached hydrogens (tertiary/aromatic N) is 6. The number of anilines is 2. The molecular weight excluding hydrogens is 433 g/mol. The van der Waals surface area contributed by atoms with Crippen molar-refractivity contribution in [3.05, 3.63) is 90.1 Å². The molecule has 8 nitrogen and oxygen atoms in total. The summed E-state index contributed by atoms with van der Waals surface area (Å²) in [4.78, 5) is 13.1. The van der Waals surface area contributed by atoms with Gasteiger partial charge in [-0.15, -0.1) is 0 Å². The number of rotatable bonds is 6. The van der Waals surface area contributed by atoms with Crippen molar-refractivity contribution in [3.8, 4) is 23.3 Å². The molecule has 0 fully saturated rings. The van der Waals surface area contributed by atoms with E-state index in [0.29, 0.717) is 39.9 Å². The van der Waals surface area contributed by atoms with Crippen LogP contribution in [0.4, 0.5) is 15.9 Å². The normalized spacial score (nSPS) is 10.7. The molecule has 5 rings (SSSR count). The summed E-state index contributed by atoms with van der Waals surface area (Å²) in [7, 11) is 1.51. The molecule has 3 heterocycles. The molecule has 0 aliphatic rings. The fourth-order valence-corrected chi connectivity index (χ4v) is 3.64. The van der Waals surface area contributed by atoms with Crippen molar-refractivity contribution in [2.24, 2.45) is 0 Å². The van der Waals surface area contributed by atoms with Crippen molar-refractivity contribution in [3.63, 3.8) is 0 Å². The second kappa shape index (κ2) is 8.96. The minimum atomic E-state index is -0.290. The number of fused-ring (bicyclic) bond motifs is 1. The molecule has 0 aliphatic carbocycles. The smallest absolute Gasteiger partial charge is 0.183 e. The number of halogens is 1. The van der Waals surface area contributed by atoms with E-state index < -0.39 is 0 Å². The van der Waals surface area contributed by atoms with E-state index in [4.69, 9.17) is 9.84 Å². The zero-order chi connectivity index (χ0) is 23.5. The second-order valence-corrected chi connectivity index (χ2v) is 7.38. The Balaban J connectivity index is 1.60. The molecular formula is C25H18FN7O. The molecule has 2 aromatic carbocycles. The van der Waals surface area contributed by atoms with E-state index in [-0.39, 0.29) is 12.4 Å². The Hall–Kier alpha value is -4.84. The third kappa shape index (κ3) is 3.89. The zero-order valence-electron chi connectivity index (χ0n) is 18.1. The summed E-state index contributed by atoms with van der Waals surface area (Å²) in [5.74, 6) is 0.850. The van der Waals surface area contributed by atoms with Crippen LogP contribution in [-0.4, -0.2) is 31.8 Å². The van der Waals surface area contributed by atoms with Gasteiger partial charge >= 0.3 is 0 Å². The highest BCUT2D eigenvalue weighted by atomic mass is 19.1. The van der Waals surface area contributed by atoms with Crippen LogP contribution in [0.1, 0.15) is 11.1 Å². The lowest BCUT2D eigenvalue weighted by Gasteiger charge is -2.11. The van der Waals surface area contributed by atoms with Crippen LogP contribution in [0.5, 0.6) is 5.75 Å². The summed E-state index contributed by atoms with van der Waals surface area (Å²) in [6, 6.07) is 18.1. The molecule has 0 aliphatic heterocycles. The molecule has 0 atom stereocenters. The number of ether oxygens (including phenoxy) is 1. The molecule has 0 saturated carbocycles. The summed E-state index contributed by atoms with van der Waals surface area (Å²) in [6.07, 6.45) is 4.59. The SMILES string of the molecule is COc1cnc(-c2nn(Cc3ccccc3F)c3ccccc23)nc1Nc1ccncc1C#N. The Morgan fingerprint density at radius 3 is 2.74 bits per heavy atom. The monoisotopic (exact) mass is 451 g/mol. The van der Waals surface area contributed by atoms with E-state index >= 15 is 0 Å². The first-order valence-corrected chi connectivity index (χ1v) is 10.4. The van der Waals surface area contributed by atoms with Crippen LogP contribution < -0.4 is 10.1 Å². The minimum Gasteiger partial charge on any atom is -0.491 e. The van der Waals surface area contributed by atoms with Gasteiger partial charge in [-0.25, -0.2) is 14.4 Å². The van der Waals surface area contributed by atoms with Gasteiger partial charge in [0.2, 0.25) is 0 Å². The summed E-state index contributed by atoms with van der Waals surface area (Å²) >= 11 is 0. The lowest BCUT2D eigenvalue weighted by Crippen LogP contribution is -2.05. The highest BCUT2D eigenvalue weighted by Gasteiger charge is 2.18. The molecule has 5 aromatic rings. The van der Waals surface area contributed by atoms with Crippen molar-refractivity contribution in [2.45, 2.75) is 6.54 Å². The molecule has 0 bridgehead atoms. The molecule has 34 heavy (non-hydrogen) atoms. The van der Waals surface area contributed by atoms with Crippen LogP contribution in [-0.2, 0) is 6.54 Å².